The van der Waals surface area contributed by atoms with Crippen LogP contribution in [0.25, 0.3) is 6.08 Å². The van der Waals surface area contributed by atoms with Crippen molar-refractivity contribution in [3.63, 3.8) is 0 Å². The highest BCUT2D eigenvalue weighted by Crippen LogP contribution is 2.11. The lowest BCUT2D eigenvalue weighted by Gasteiger charge is -2.06. The fourth-order valence-corrected chi connectivity index (χ4v) is 1.90. The first kappa shape index (κ1) is 16.4. The third kappa shape index (κ3) is 5.39. The van der Waals surface area contributed by atoms with Crippen LogP contribution in [0, 0.1) is 0 Å². The van der Waals surface area contributed by atoms with Crippen LogP contribution in [-0.2, 0) is 4.79 Å². The van der Waals surface area contributed by atoms with Gasteiger partial charge in [-0.05, 0) is 42.8 Å². The van der Waals surface area contributed by atoms with Gasteiger partial charge in [0.05, 0.1) is 5.69 Å². The number of carbonyl (C=O) groups excluding carboxylic acids is 2. The van der Waals surface area contributed by atoms with Gasteiger partial charge in [-0.15, -0.1) is 0 Å². The average molecular weight is 309 g/mol. The minimum Gasteiger partial charge on any atom is -0.352 e. The number of hydrogen-bond donors (Lipinski definition) is 2. The molecule has 118 valence electrons. The number of benzene rings is 1. The normalized spacial score (nSPS) is 10.5. The molecular weight excluding hydrogens is 290 g/mol. The van der Waals surface area contributed by atoms with E-state index in [1.54, 1.807) is 36.5 Å². The molecule has 5 nitrogen and oxygen atoms in total. The molecule has 2 rings (SSSR count). The number of anilines is 1. The number of carbonyl (C=O) groups is 2. The first-order valence-corrected chi connectivity index (χ1v) is 7.47. The molecule has 0 bridgehead atoms. The van der Waals surface area contributed by atoms with Gasteiger partial charge in [-0.25, -0.2) is 0 Å². The number of pyridine rings is 1. The zero-order valence-electron chi connectivity index (χ0n) is 13.0. The number of hydrogen-bond acceptors (Lipinski definition) is 3. The lowest BCUT2D eigenvalue weighted by molar-refractivity contribution is -0.111. The maximum absolute atomic E-state index is 11.9. The summed E-state index contributed by atoms with van der Waals surface area (Å²) < 4.78 is 0. The maximum Gasteiger partial charge on any atom is 0.251 e. The van der Waals surface area contributed by atoms with E-state index in [-0.39, 0.29) is 11.8 Å². The fraction of sp³-hybridized carbons (Fsp3) is 0.167. The van der Waals surface area contributed by atoms with Crippen molar-refractivity contribution in [1.82, 2.24) is 10.3 Å². The first-order valence-electron chi connectivity index (χ1n) is 7.47. The number of rotatable bonds is 6. The molecule has 1 aromatic heterocycles. The molecule has 0 aliphatic rings. The highest BCUT2D eigenvalue weighted by Gasteiger charge is 2.06. The molecule has 0 spiro atoms. The highest BCUT2D eigenvalue weighted by molar-refractivity contribution is 6.03. The Kier molecular flexibility index (Phi) is 6.06. The van der Waals surface area contributed by atoms with E-state index in [1.807, 2.05) is 25.1 Å². The van der Waals surface area contributed by atoms with Crippen molar-refractivity contribution in [2.45, 2.75) is 13.3 Å². The first-order chi connectivity index (χ1) is 11.2. The molecule has 0 saturated heterocycles. The summed E-state index contributed by atoms with van der Waals surface area (Å²) in [6, 6.07) is 12.3. The number of nitrogens with zero attached hydrogens (tertiary/aromatic N) is 1. The fourth-order valence-electron chi connectivity index (χ4n) is 1.90. The van der Waals surface area contributed by atoms with Gasteiger partial charge in [0.15, 0.2) is 0 Å². The third-order valence-corrected chi connectivity index (χ3v) is 3.02. The molecule has 2 aromatic rings. The van der Waals surface area contributed by atoms with Gasteiger partial charge in [-0.2, -0.15) is 0 Å². The zero-order valence-corrected chi connectivity index (χ0v) is 13.0. The van der Waals surface area contributed by atoms with E-state index >= 15 is 0 Å². The molecule has 1 heterocycles. The summed E-state index contributed by atoms with van der Waals surface area (Å²) in [6.07, 6.45) is 5.58. The molecule has 2 N–H and O–H groups in total. The molecular formula is C18H19N3O2. The Bertz CT molecular complexity index is 696. The van der Waals surface area contributed by atoms with Crippen LogP contribution in [0.2, 0.25) is 0 Å². The molecule has 0 atom stereocenters. The highest BCUT2D eigenvalue weighted by atomic mass is 16.2. The van der Waals surface area contributed by atoms with Gasteiger partial charge in [0.1, 0.15) is 0 Å². The van der Waals surface area contributed by atoms with Crippen LogP contribution in [0.3, 0.4) is 0 Å². The van der Waals surface area contributed by atoms with Crippen molar-refractivity contribution in [2.24, 2.45) is 0 Å². The van der Waals surface area contributed by atoms with Gasteiger partial charge in [0, 0.05) is 30.1 Å². The molecule has 1 aromatic carbocycles. The van der Waals surface area contributed by atoms with Crippen molar-refractivity contribution in [3.8, 4) is 0 Å². The Morgan fingerprint density at radius 3 is 2.78 bits per heavy atom. The van der Waals surface area contributed by atoms with Crippen LogP contribution in [-0.4, -0.2) is 23.3 Å². The van der Waals surface area contributed by atoms with Gasteiger partial charge >= 0.3 is 0 Å². The van der Waals surface area contributed by atoms with Crippen molar-refractivity contribution < 1.29 is 9.59 Å². The molecule has 0 aliphatic carbocycles. The second kappa shape index (κ2) is 8.48. The van der Waals surface area contributed by atoms with Gasteiger partial charge < -0.3 is 10.6 Å². The standard InChI is InChI=1S/C18H19N3O2/c1-2-11-20-18(23)14-6-5-8-16(13-14)21-17(22)10-9-15-7-3-4-12-19-15/h3-10,12-13H,2,11H2,1H3,(H,20,23)(H,21,22)/b10-9+. The SMILES string of the molecule is CCCNC(=O)c1cccc(NC(=O)/C=C/c2ccccn2)c1. The quantitative estimate of drug-likeness (QED) is 0.806. The van der Waals surface area contributed by atoms with Crippen molar-refractivity contribution in [1.29, 1.82) is 0 Å². The van der Waals surface area contributed by atoms with E-state index in [9.17, 15) is 9.59 Å². The Labute approximate surface area is 135 Å². The lowest BCUT2D eigenvalue weighted by Crippen LogP contribution is -2.24. The van der Waals surface area contributed by atoms with Crippen LogP contribution >= 0.6 is 0 Å². The maximum atomic E-state index is 11.9. The molecule has 0 unspecified atom stereocenters. The third-order valence-electron chi connectivity index (χ3n) is 3.02. The van der Waals surface area contributed by atoms with Crippen molar-refractivity contribution in [2.75, 3.05) is 11.9 Å². The summed E-state index contributed by atoms with van der Waals surface area (Å²) in [7, 11) is 0. The summed E-state index contributed by atoms with van der Waals surface area (Å²) in [5.74, 6) is -0.422. The van der Waals surface area contributed by atoms with Crippen LogP contribution in [0.4, 0.5) is 5.69 Å². The summed E-state index contributed by atoms with van der Waals surface area (Å²) in [4.78, 5) is 27.9. The van der Waals surface area contributed by atoms with E-state index in [2.05, 4.69) is 15.6 Å². The molecule has 0 aliphatic heterocycles. The Morgan fingerprint density at radius 1 is 1.17 bits per heavy atom. The van der Waals surface area contributed by atoms with Gasteiger partial charge in [0.2, 0.25) is 5.91 Å². The van der Waals surface area contributed by atoms with E-state index < -0.39 is 0 Å². The Balaban J connectivity index is 1.98. The van der Waals surface area contributed by atoms with Crippen LogP contribution in [0.1, 0.15) is 29.4 Å². The monoisotopic (exact) mass is 309 g/mol. The smallest absolute Gasteiger partial charge is 0.251 e. The van der Waals surface area contributed by atoms with Crippen LogP contribution in [0.5, 0.6) is 0 Å². The minimum atomic E-state index is -0.276. The topological polar surface area (TPSA) is 71.1 Å². The predicted octanol–water partition coefficient (Wildman–Crippen LogP) is 2.87. The Morgan fingerprint density at radius 2 is 2.04 bits per heavy atom. The number of aromatic nitrogens is 1. The Hall–Kier alpha value is -2.95. The largest absolute Gasteiger partial charge is 0.352 e. The van der Waals surface area contributed by atoms with Crippen molar-refractivity contribution >= 4 is 23.6 Å². The molecule has 2 amide bonds. The molecule has 23 heavy (non-hydrogen) atoms. The second-order valence-electron chi connectivity index (χ2n) is 4.91. The van der Waals surface area contributed by atoms with Gasteiger partial charge in [-0.3, -0.25) is 14.6 Å². The molecule has 0 radical (unpaired) electrons. The number of amides is 2. The summed E-state index contributed by atoms with van der Waals surface area (Å²) in [5, 5.41) is 5.53. The minimum absolute atomic E-state index is 0.146. The van der Waals surface area contributed by atoms with E-state index in [0.717, 1.165) is 6.42 Å². The van der Waals surface area contributed by atoms with Crippen LogP contribution < -0.4 is 10.6 Å². The zero-order chi connectivity index (χ0) is 16.5. The van der Waals surface area contributed by atoms with Gasteiger partial charge in [0.25, 0.3) is 5.91 Å². The van der Waals surface area contributed by atoms with Gasteiger partial charge in [-0.1, -0.05) is 19.1 Å². The average Bonchev–Trinajstić information content (AvgIpc) is 2.59. The van der Waals surface area contributed by atoms with E-state index in [0.29, 0.717) is 23.5 Å². The number of nitrogens with one attached hydrogen (secondary N) is 2. The summed E-state index contributed by atoms with van der Waals surface area (Å²) in [6.45, 7) is 2.62. The van der Waals surface area contributed by atoms with Crippen molar-refractivity contribution in [3.05, 3.63) is 66.0 Å². The van der Waals surface area contributed by atoms with E-state index in [1.165, 1.54) is 6.08 Å². The summed E-state index contributed by atoms with van der Waals surface area (Å²) in [5.41, 5.74) is 1.80. The summed E-state index contributed by atoms with van der Waals surface area (Å²) >= 11 is 0. The molecule has 5 heteroatoms. The lowest BCUT2D eigenvalue weighted by atomic mass is 10.2. The predicted molar refractivity (Wildman–Crippen MR) is 91.0 cm³/mol. The second-order valence-corrected chi connectivity index (χ2v) is 4.91. The molecule has 0 fully saturated rings. The van der Waals surface area contributed by atoms with Crippen LogP contribution in [0.15, 0.2) is 54.7 Å². The van der Waals surface area contributed by atoms with E-state index in [4.69, 9.17) is 0 Å². The molecule has 0 saturated carbocycles.